The summed E-state index contributed by atoms with van der Waals surface area (Å²) in [5.41, 5.74) is 2.45. The highest BCUT2D eigenvalue weighted by Crippen LogP contribution is 2.26. The number of aromatic nitrogens is 3. The lowest BCUT2D eigenvalue weighted by Gasteiger charge is -2.22. The number of rotatable bonds is 1. The Balaban J connectivity index is 2.13. The van der Waals surface area contributed by atoms with Gasteiger partial charge in [0.2, 0.25) is 0 Å². The number of pyridine rings is 1. The first-order valence-electron chi connectivity index (χ1n) is 7.20. The molecule has 1 aliphatic heterocycles. The third-order valence-electron chi connectivity index (χ3n) is 4.00. The molecule has 0 amide bonds. The minimum absolute atomic E-state index is 0.663. The van der Waals surface area contributed by atoms with Crippen LogP contribution in [0.15, 0.2) is 6.07 Å². The van der Waals surface area contributed by atoms with Crippen LogP contribution in [0.1, 0.15) is 36.9 Å². The third-order valence-corrected chi connectivity index (χ3v) is 4.00. The second-order valence-electron chi connectivity index (χ2n) is 5.45. The summed E-state index contributed by atoms with van der Waals surface area (Å²) < 4.78 is 1.80. The maximum absolute atomic E-state index is 9.43. The fourth-order valence-electron chi connectivity index (χ4n) is 2.94. The Morgan fingerprint density at radius 2 is 1.90 bits per heavy atom. The second kappa shape index (κ2) is 5.12. The Morgan fingerprint density at radius 1 is 1.20 bits per heavy atom. The highest BCUT2D eigenvalue weighted by atomic mass is 15.3. The summed E-state index contributed by atoms with van der Waals surface area (Å²) >= 11 is 0. The van der Waals surface area contributed by atoms with Crippen LogP contribution in [0.3, 0.4) is 0 Å². The molecule has 2 aromatic rings. The molecule has 104 valence electrons. The monoisotopic (exact) mass is 269 g/mol. The second-order valence-corrected chi connectivity index (χ2v) is 5.45. The van der Waals surface area contributed by atoms with E-state index >= 15 is 0 Å². The van der Waals surface area contributed by atoms with Crippen LogP contribution in [0.5, 0.6) is 0 Å². The first kappa shape index (κ1) is 12.9. The van der Waals surface area contributed by atoms with Crippen molar-refractivity contribution >= 4 is 16.9 Å². The van der Waals surface area contributed by atoms with Crippen molar-refractivity contribution in [3.05, 3.63) is 17.3 Å². The number of hydrogen-bond acceptors (Lipinski definition) is 4. The summed E-state index contributed by atoms with van der Waals surface area (Å²) in [5.74, 6) is 0.824. The Morgan fingerprint density at radius 3 is 2.55 bits per heavy atom. The van der Waals surface area contributed by atoms with Gasteiger partial charge in [-0.1, -0.05) is 12.8 Å². The van der Waals surface area contributed by atoms with Crippen molar-refractivity contribution in [2.24, 2.45) is 7.05 Å². The molecule has 0 radical (unpaired) electrons. The van der Waals surface area contributed by atoms with Crippen molar-refractivity contribution in [1.29, 1.82) is 5.26 Å². The van der Waals surface area contributed by atoms with E-state index in [2.05, 4.69) is 16.1 Å². The van der Waals surface area contributed by atoms with Gasteiger partial charge in [0.1, 0.15) is 11.9 Å². The lowest BCUT2D eigenvalue weighted by Crippen LogP contribution is -2.26. The minimum atomic E-state index is 0.663. The molecule has 20 heavy (non-hydrogen) atoms. The molecule has 5 nitrogen and oxygen atoms in total. The van der Waals surface area contributed by atoms with Crippen molar-refractivity contribution in [3.8, 4) is 6.07 Å². The summed E-state index contributed by atoms with van der Waals surface area (Å²) in [4.78, 5) is 6.99. The predicted octanol–water partition coefficient (Wildman–Crippen LogP) is 2.53. The number of fused-ring (bicyclic) bond motifs is 1. The van der Waals surface area contributed by atoms with Crippen molar-refractivity contribution < 1.29 is 0 Å². The quantitative estimate of drug-likeness (QED) is 0.798. The van der Waals surface area contributed by atoms with Gasteiger partial charge in [0.25, 0.3) is 0 Å². The van der Waals surface area contributed by atoms with Gasteiger partial charge in [0.05, 0.1) is 11.3 Å². The lowest BCUT2D eigenvalue weighted by atomic mass is 10.2. The summed E-state index contributed by atoms with van der Waals surface area (Å²) in [6.45, 7) is 3.94. The van der Waals surface area contributed by atoms with Gasteiger partial charge in [-0.2, -0.15) is 10.4 Å². The normalized spacial score (nSPS) is 16.1. The van der Waals surface area contributed by atoms with E-state index in [1.807, 2.05) is 20.0 Å². The van der Waals surface area contributed by atoms with Gasteiger partial charge in [-0.25, -0.2) is 4.98 Å². The van der Waals surface area contributed by atoms with Gasteiger partial charge in [0.15, 0.2) is 5.65 Å². The average Bonchev–Trinajstić information content (AvgIpc) is 2.66. The molecule has 3 heterocycles. The smallest absolute Gasteiger partial charge is 0.160 e. The fourth-order valence-corrected chi connectivity index (χ4v) is 2.94. The van der Waals surface area contributed by atoms with E-state index in [-0.39, 0.29) is 0 Å². The zero-order valence-electron chi connectivity index (χ0n) is 12.1. The molecule has 0 spiro atoms. The van der Waals surface area contributed by atoms with E-state index in [1.165, 1.54) is 25.7 Å². The fraction of sp³-hybridized carbons (Fsp3) is 0.533. The van der Waals surface area contributed by atoms with Crippen LogP contribution in [0.2, 0.25) is 0 Å². The van der Waals surface area contributed by atoms with Crippen LogP contribution in [-0.2, 0) is 7.05 Å². The molecule has 0 atom stereocenters. The highest BCUT2D eigenvalue weighted by Gasteiger charge is 2.18. The van der Waals surface area contributed by atoms with Gasteiger partial charge in [-0.3, -0.25) is 4.68 Å². The average molecular weight is 269 g/mol. The standard InChI is InChI=1S/C15H19N5/c1-11-13-9-12(10-16)14(17-15(13)19(2)18-11)20-7-5-3-4-6-8-20/h9H,3-8H2,1-2H3. The van der Waals surface area contributed by atoms with Crippen LogP contribution in [0, 0.1) is 18.3 Å². The first-order chi connectivity index (χ1) is 9.70. The Kier molecular flexibility index (Phi) is 3.31. The van der Waals surface area contributed by atoms with E-state index in [9.17, 15) is 5.26 Å². The molecule has 0 aliphatic carbocycles. The topological polar surface area (TPSA) is 57.7 Å². The van der Waals surface area contributed by atoms with Gasteiger partial charge in [-0.15, -0.1) is 0 Å². The van der Waals surface area contributed by atoms with Gasteiger partial charge < -0.3 is 4.90 Å². The van der Waals surface area contributed by atoms with E-state index in [0.29, 0.717) is 5.56 Å². The molecule has 1 saturated heterocycles. The molecule has 0 saturated carbocycles. The largest absolute Gasteiger partial charge is 0.355 e. The maximum Gasteiger partial charge on any atom is 0.160 e. The molecule has 1 aliphatic rings. The molecule has 1 fully saturated rings. The number of nitrogens with zero attached hydrogens (tertiary/aromatic N) is 5. The molecule has 5 heteroatoms. The molecule has 0 N–H and O–H groups in total. The minimum Gasteiger partial charge on any atom is -0.355 e. The number of aryl methyl sites for hydroxylation is 2. The zero-order valence-corrected chi connectivity index (χ0v) is 12.1. The molecule has 2 aromatic heterocycles. The molecular weight excluding hydrogens is 250 g/mol. The maximum atomic E-state index is 9.43. The SMILES string of the molecule is Cc1nn(C)c2nc(N3CCCCCC3)c(C#N)cc12. The summed E-state index contributed by atoms with van der Waals surface area (Å²) in [6.07, 6.45) is 4.89. The van der Waals surface area contributed by atoms with E-state index in [0.717, 1.165) is 35.6 Å². The molecule has 0 bridgehead atoms. The van der Waals surface area contributed by atoms with Crippen molar-refractivity contribution in [3.63, 3.8) is 0 Å². The predicted molar refractivity (Wildman–Crippen MR) is 78.6 cm³/mol. The third kappa shape index (κ3) is 2.11. The number of nitriles is 1. The Labute approximate surface area is 118 Å². The van der Waals surface area contributed by atoms with E-state index < -0.39 is 0 Å². The van der Waals surface area contributed by atoms with E-state index in [1.54, 1.807) is 4.68 Å². The number of anilines is 1. The molecular formula is C15H19N5. The Bertz CT molecular complexity index is 672. The molecule has 3 rings (SSSR count). The van der Waals surface area contributed by atoms with Gasteiger partial charge >= 0.3 is 0 Å². The van der Waals surface area contributed by atoms with Crippen LogP contribution in [0.4, 0.5) is 5.82 Å². The summed E-state index contributed by atoms with van der Waals surface area (Å²) in [5, 5.41) is 14.8. The van der Waals surface area contributed by atoms with Crippen LogP contribution in [0.25, 0.3) is 11.0 Å². The van der Waals surface area contributed by atoms with Crippen molar-refractivity contribution in [1.82, 2.24) is 14.8 Å². The zero-order chi connectivity index (χ0) is 14.1. The van der Waals surface area contributed by atoms with Crippen molar-refractivity contribution in [2.45, 2.75) is 32.6 Å². The summed E-state index contributed by atoms with van der Waals surface area (Å²) in [6, 6.07) is 4.24. The van der Waals surface area contributed by atoms with Crippen LogP contribution >= 0.6 is 0 Å². The molecule has 0 aromatic carbocycles. The lowest BCUT2D eigenvalue weighted by molar-refractivity contribution is 0.726. The van der Waals surface area contributed by atoms with Gasteiger partial charge in [-0.05, 0) is 25.8 Å². The Hall–Kier alpha value is -2.09. The molecule has 0 unspecified atom stereocenters. The van der Waals surface area contributed by atoms with Crippen LogP contribution in [-0.4, -0.2) is 27.9 Å². The van der Waals surface area contributed by atoms with Crippen molar-refractivity contribution in [2.75, 3.05) is 18.0 Å². The first-order valence-corrected chi connectivity index (χ1v) is 7.20. The number of hydrogen-bond donors (Lipinski definition) is 0. The van der Waals surface area contributed by atoms with Crippen LogP contribution < -0.4 is 4.90 Å². The van der Waals surface area contributed by atoms with Gasteiger partial charge in [0, 0.05) is 25.5 Å². The van der Waals surface area contributed by atoms with E-state index in [4.69, 9.17) is 4.98 Å². The summed E-state index contributed by atoms with van der Waals surface area (Å²) in [7, 11) is 1.90. The highest BCUT2D eigenvalue weighted by molar-refractivity contribution is 5.82.